The van der Waals surface area contributed by atoms with Crippen molar-refractivity contribution in [3.8, 4) is 0 Å². The number of piperidine rings is 1. The van der Waals surface area contributed by atoms with Gasteiger partial charge in [0.15, 0.2) is 0 Å². The van der Waals surface area contributed by atoms with Crippen LogP contribution in [0.2, 0.25) is 0 Å². The molecule has 1 N–H and O–H groups in total. The third-order valence-electron chi connectivity index (χ3n) is 5.19. The highest BCUT2D eigenvalue weighted by molar-refractivity contribution is 5.79. The number of likely N-dealkylation sites (tertiary alicyclic amines) is 2. The van der Waals surface area contributed by atoms with Crippen molar-refractivity contribution in [2.75, 3.05) is 19.6 Å². The first-order valence-electron chi connectivity index (χ1n) is 7.75. The van der Waals surface area contributed by atoms with E-state index >= 15 is 0 Å². The minimum absolute atomic E-state index is 0.466. The standard InChI is InChI=1S/C15H28N2O2/c1-4-15(14(18)19)8-5-9-17(15)13-6-10-16(11-7-13)12(2)3/h12-13H,4-11H2,1-3H3,(H,18,19). The molecule has 2 aliphatic heterocycles. The Balaban J connectivity index is 2.04. The van der Waals surface area contributed by atoms with Crippen LogP contribution in [-0.2, 0) is 4.79 Å². The monoisotopic (exact) mass is 268 g/mol. The fourth-order valence-electron chi connectivity index (χ4n) is 3.91. The van der Waals surface area contributed by atoms with Gasteiger partial charge in [-0.1, -0.05) is 6.92 Å². The van der Waals surface area contributed by atoms with E-state index in [9.17, 15) is 9.90 Å². The minimum Gasteiger partial charge on any atom is -0.480 e. The van der Waals surface area contributed by atoms with Crippen molar-refractivity contribution in [2.45, 2.75) is 70.5 Å². The van der Waals surface area contributed by atoms with Crippen LogP contribution < -0.4 is 0 Å². The van der Waals surface area contributed by atoms with E-state index in [0.717, 1.165) is 51.7 Å². The van der Waals surface area contributed by atoms with Gasteiger partial charge in [-0.2, -0.15) is 0 Å². The van der Waals surface area contributed by atoms with Gasteiger partial charge in [-0.3, -0.25) is 9.69 Å². The molecule has 0 radical (unpaired) electrons. The van der Waals surface area contributed by atoms with E-state index < -0.39 is 11.5 Å². The van der Waals surface area contributed by atoms with E-state index in [4.69, 9.17) is 0 Å². The van der Waals surface area contributed by atoms with E-state index in [0.29, 0.717) is 12.1 Å². The molecule has 19 heavy (non-hydrogen) atoms. The van der Waals surface area contributed by atoms with Crippen molar-refractivity contribution < 1.29 is 9.90 Å². The summed E-state index contributed by atoms with van der Waals surface area (Å²) in [6, 6.07) is 1.07. The van der Waals surface area contributed by atoms with Gasteiger partial charge in [-0.25, -0.2) is 0 Å². The number of hydrogen-bond acceptors (Lipinski definition) is 3. The molecule has 1 unspecified atom stereocenters. The summed E-state index contributed by atoms with van der Waals surface area (Å²) >= 11 is 0. The lowest BCUT2D eigenvalue weighted by atomic mass is 9.90. The van der Waals surface area contributed by atoms with Crippen molar-refractivity contribution in [3.63, 3.8) is 0 Å². The van der Waals surface area contributed by atoms with Crippen LogP contribution in [0.3, 0.4) is 0 Å². The fourth-order valence-corrected chi connectivity index (χ4v) is 3.91. The lowest BCUT2D eigenvalue weighted by molar-refractivity contribution is -0.152. The van der Waals surface area contributed by atoms with Crippen LogP contribution in [0.15, 0.2) is 0 Å². The quantitative estimate of drug-likeness (QED) is 0.849. The van der Waals surface area contributed by atoms with Crippen LogP contribution in [0, 0.1) is 0 Å². The summed E-state index contributed by atoms with van der Waals surface area (Å²) in [5.41, 5.74) is -0.579. The zero-order valence-electron chi connectivity index (χ0n) is 12.6. The molecule has 2 heterocycles. The maximum atomic E-state index is 11.7. The van der Waals surface area contributed by atoms with E-state index in [-0.39, 0.29) is 0 Å². The SMILES string of the molecule is CCC1(C(=O)O)CCCN1C1CCN(C(C)C)CC1. The molecule has 0 bridgehead atoms. The summed E-state index contributed by atoms with van der Waals surface area (Å²) in [5, 5.41) is 9.65. The molecule has 2 saturated heterocycles. The van der Waals surface area contributed by atoms with Crippen LogP contribution >= 0.6 is 0 Å². The number of carboxylic acids is 1. The second-order valence-corrected chi connectivity index (χ2v) is 6.35. The van der Waals surface area contributed by atoms with E-state index in [1.165, 1.54) is 0 Å². The van der Waals surface area contributed by atoms with Crippen LogP contribution in [0.25, 0.3) is 0 Å². The number of aliphatic carboxylic acids is 1. The van der Waals surface area contributed by atoms with Crippen LogP contribution in [0.4, 0.5) is 0 Å². The zero-order chi connectivity index (χ0) is 14.0. The maximum absolute atomic E-state index is 11.7. The average Bonchev–Trinajstić information content (AvgIpc) is 2.83. The summed E-state index contributed by atoms with van der Waals surface area (Å²) in [6.07, 6.45) is 4.82. The molecule has 0 amide bonds. The number of rotatable bonds is 4. The number of carbonyl (C=O) groups is 1. The third kappa shape index (κ3) is 2.65. The molecule has 2 fully saturated rings. The summed E-state index contributed by atoms with van der Waals surface area (Å²) in [6.45, 7) is 9.69. The molecular weight excluding hydrogens is 240 g/mol. The Hall–Kier alpha value is -0.610. The topological polar surface area (TPSA) is 43.8 Å². The minimum atomic E-state index is -0.612. The number of carboxylic acid groups (broad SMARTS) is 1. The van der Waals surface area contributed by atoms with Gasteiger partial charge >= 0.3 is 5.97 Å². The first-order chi connectivity index (χ1) is 9.01. The molecule has 4 heteroatoms. The Labute approximate surface area is 116 Å². The van der Waals surface area contributed by atoms with Gasteiger partial charge in [-0.15, -0.1) is 0 Å². The first-order valence-corrected chi connectivity index (χ1v) is 7.75. The Morgan fingerprint density at radius 2 is 1.95 bits per heavy atom. The second-order valence-electron chi connectivity index (χ2n) is 6.35. The van der Waals surface area contributed by atoms with Crippen molar-refractivity contribution >= 4 is 5.97 Å². The van der Waals surface area contributed by atoms with Crippen LogP contribution in [-0.4, -0.2) is 58.1 Å². The Morgan fingerprint density at radius 3 is 2.42 bits per heavy atom. The van der Waals surface area contributed by atoms with Gasteiger partial charge in [0.05, 0.1) is 0 Å². The number of nitrogens with zero attached hydrogens (tertiary/aromatic N) is 2. The van der Waals surface area contributed by atoms with Crippen LogP contribution in [0.1, 0.15) is 52.9 Å². The highest BCUT2D eigenvalue weighted by Gasteiger charge is 2.49. The fraction of sp³-hybridized carbons (Fsp3) is 0.933. The molecule has 0 aromatic heterocycles. The zero-order valence-corrected chi connectivity index (χ0v) is 12.6. The molecule has 0 aromatic carbocycles. The molecule has 1 atom stereocenters. The Morgan fingerprint density at radius 1 is 1.32 bits per heavy atom. The lowest BCUT2D eigenvalue weighted by Crippen LogP contribution is -2.57. The first kappa shape index (κ1) is 14.8. The highest BCUT2D eigenvalue weighted by Crippen LogP contribution is 2.37. The molecule has 0 aliphatic carbocycles. The molecule has 0 aromatic rings. The third-order valence-corrected chi connectivity index (χ3v) is 5.19. The summed E-state index contributed by atoms with van der Waals surface area (Å²) in [7, 11) is 0. The Kier molecular flexibility index (Phi) is 4.51. The van der Waals surface area contributed by atoms with Gasteiger partial charge in [-0.05, 0) is 65.6 Å². The molecule has 0 spiro atoms. The summed E-state index contributed by atoms with van der Waals surface area (Å²) in [4.78, 5) is 16.5. The predicted octanol–water partition coefficient (Wildman–Crippen LogP) is 2.19. The van der Waals surface area contributed by atoms with Crippen molar-refractivity contribution in [3.05, 3.63) is 0 Å². The summed E-state index contributed by atoms with van der Waals surface area (Å²) < 4.78 is 0. The predicted molar refractivity (Wildman–Crippen MR) is 76.3 cm³/mol. The number of hydrogen-bond donors (Lipinski definition) is 1. The normalized spacial score (nSPS) is 31.2. The molecule has 2 rings (SSSR count). The summed E-state index contributed by atoms with van der Waals surface area (Å²) in [5.74, 6) is -0.612. The van der Waals surface area contributed by atoms with Crippen molar-refractivity contribution in [1.29, 1.82) is 0 Å². The molecule has 0 saturated carbocycles. The van der Waals surface area contributed by atoms with Gasteiger partial charge < -0.3 is 10.0 Å². The van der Waals surface area contributed by atoms with E-state index in [1.54, 1.807) is 0 Å². The lowest BCUT2D eigenvalue weighted by Gasteiger charge is -2.44. The Bertz CT molecular complexity index is 324. The van der Waals surface area contributed by atoms with Crippen molar-refractivity contribution in [2.24, 2.45) is 0 Å². The van der Waals surface area contributed by atoms with Crippen LogP contribution in [0.5, 0.6) is 0 Å². The maximum Gasteiger partial charge on any atom is 0.324 e. The molecular formula is C15H28N2O2. The van der Waals surface area contributed by atoms with E-state index in [1.807, 2.05) is 6.92 Å². The van der Waals surface area contributed by atoms with E-state index in [2.05, 4.69) is 23.6 Å². The molecule has 110 valence electrons. The van der Waals surface area contributed by atoms with Gasteiger partial charge in [0.2, 0.25) is 0 Å². The van der Waals surface area contributed by atoms with Gasteiger partial charge in [0.25, 0.3) is 0 Å². The van der Waals surface area contributed by atoms with Gasteiger partial charge in [0.1, 0.15) is 5.54 Å². The van der Waals surface area contributed by atoms with Gasteiger partial charge in [0, 0.05) is 12.1 Å². The molecule has 4 nitrogen and oxygen atoms in total. The molecule has 2 aliphatic rings. The highest BCUT2D eigenvalue weighted by atomic mass is 16.4. The second kappa shape index (κ2) is 5.80. The average molecular weight is 268 g/mol. The smallest absolute Gasteiger partial charge is 0.324 e. The largest absolute Gasteiger partial charge is 0.480 e. The van der Waals surface area contributed by atoms with Crippen molar-refractivity contribution in [1.82, 2.24) is 9.80 Å².